The van der Waals surface area contributed by atoms with Crippen LogP contribution in [0.4, 0.5) is 17.6 Å². The molecule has 0 bridgehead atoms. The first-order valence-electron chi connectivity index (χ1n) is 5.70. The molecule has 2 atom stereocenters. The number of aromatic nitrogens is 4. The van der Waals surface area contributed by atoms with Crippen molar-refractivity contribution < 1.29 is 22.7 Å². The van der Waals surface area contributed by atoms with Crippen molar-refractivity contribution in [1.82, 2.24) is 25.1 Å². The Bertz CT molecular complexity index is 423. The highest BCUT2D eigenvalue weighted by molar-refractivity contribution is 4.88. The topological polar surface area (TPSA) is 67.1 Å². The highest BCUT2D eigenvalue weighted by atomic mass is 19.4. The van der Waals surface area contributed by atoms with E-state index in [0.717, 1.165) is 0 Å². The monoisotopic (exact) mass is 283 g/mol. The molecule has 1 aromatic heterocycles. The van der Waals surface area contributed by atoms with Gasteiger partial charge in [-0.05, 0) is 11.6 Å². The van der Waals surface area contributed by atoms with Gasteiger partial charge in [-0.1, -0.05) is 0 Å². The molecule has 1 fully saturated rings. The molecule has 2 heterocycles. The molecule has 1 aliphatic rings. The number of hydrogen-bond donors (Lipinski definition) is 1. The zero-order valence-electron chi connectivity index (χ0n) is 9.89. The van der Waals surface area contributed by atoms with Crippen LogP contribution in [0.25, 0.3) is 0 Å². The van der Waals surface area contributed by atoms with E-state index in [1.807, 2.05) is 0 Å². The van der Waals surface area contributed by atoms with Crippen LogP contribution in [-0.4, -0.2) is 61.8 Å². The molecule has 19 heavy (non-hydrogen) atoms. The standard InChI is InChI=1S/C9H13F4N5O/c10-6-1-7(4-19)17(2-6)3-8-14-16-18(15-8)5-9(11,12)13/h6-7,19H,1-5H2/t6-,7-/m0/s1. The summed E-state index contributed by atoms with van der Waals surface area (Å²) in [6.45, 7) is -1.34. The second-order valence-corrected chi connectivity index (χ2v) is 4.45. The number of alkyl halides is 4. The van der Waals surface area contributed by atoms with Gasteiger partial charge in [0.2, 0.25) is 0 Å². The maximum Gasteiger partial charge on any atom is 0.409 e. The highest BCUT2D eigenvalue weighted by Gasteiger charge is 2.33. The molecule has 0 amide bonds. The van der Waals surface area contributed by atoms with E-state index in [4.69, 9.17) is 5.11 Å². The Kier molecular flexibility index (Phi) is 3.99. The quantitative estimate of drug-likeness (QED) is 0.796. The number of aliphatic hydroxyl groups excluding tert-OH is 1. The molecule has 108 valence electrons. The third-order valence-electron chi connectivity index (χ3n) is 2.85. The highest BCUT2D eigenvalue weighted by Crippen LogP contribution is 2.21. The lowest BCUT2D eigenvalue weighted by atomic mass is 10.2. The maximum atomic E-state index is 13.2. The van der Waals surface area contributed by atoms with Gasteiger partial charge in [0.05, 0.1) is 13.2 Å². The number of hydrogen-bond acceptors (Lipinski definition) is 5. The van der Waals surface area contributed by atoms with Crippen LogP contribution in [0, 0.1) is 0 Å². The minimum atomic E-state index is -4.41. The Hall–Kier alpha value is -1.29. The number of halogens is 4. The van der Waals surface area contributed by atoms with Gasteiger partial charge in [0.15, 0.2) is 12.4 Å². The lowest BCUT2D eigenvalue weighted by Crippen LogP contribution is -2.32. The Morgan fingerprint density at radius 1 is 1.37 bits per heavy atom. The van der Waals surface area contributed by atoms with Crippen molar-refractivity contribution in [1.29, 1.82) is 0 Å². The fraction of sp³-hybridized carbons (Fsp3) is 0.889. The lowest BCUT2D eigenvalue weighted by Gasteiger charge is -2.19. The third-order valence-corrected chi connectivity index (χ3v) is 2.85. The van der Waals surface area contributed by atoms with Gasteiger partial charge in [-0.15, -0.1) is 10.2 Å². The Morgan fingerprint density at radius 2 is 2.11 bits per heavy atom. The number of aliphatic hydroxyl groups is 1. The normalized spacial score (nSPS) is 25.1. The fourth-order valence-electron chi connectivity index (χ4n) is 2.05. The number of tetrazole rings is 1. The van der Waals surface area contributed by atoms with E-state index in [1.54, 1.807) is 4.90 Å². The van der Waals surface area contributed by atoms with Crippen molar-refractivity contribution >= 4 is 0 Å². The molecule has 0 saturated carbocycles. The van der Waals surface area contributed by atoms with Crippen molar-refractivity contribution in [3.05, 3.63) is 5.82 Å². The van der Waals surface area contributed by atoms with Crippen LogP contribution in [0.15, 0.2) is 0 Å². The van der Waals surface area contributed by atoms with Crippen molar-refractivity contribution in [3.63, 3.8) is 0 Å². The molecular weight excluding hydrogens is 270 g/mol. The molecule has 1 saturated heterocycles. The molecule has 0 spiro atoms. The minimum Gasteiger partial charge on any atom is -0.395 e. The van der Waals surface area contributed by atoms with Crippen LogP contribution in [0.1, 0.15) is 12.2 Å². The maximum absolute atomic E-state index is 13.2. The first kappa shape index (κ1) is 14.1. The second-order valence-electron chi connectivity index (χ2n) is 4.45. The van der Waals surface area contributed by atoms with Crippen molar-refractivity contribution in [3.8, 4) is 0 Å². The Balaban J connectivity index is 1.96. The fourth-order valence-corrected chi connectivity index (χ4v) is 2.05. The average Bonchev–Trinajstić information content (AvgIpc) is 2.84. The summed E-state index contributed by atoms with van der Waals surface area (Å²) in [5.74, 6) is 0.0804. The van der Waals surface area contributed by atoms with Gasteiger partial charge < -0.3 is 5.11 Å². The Morgan fingerprint density at radius 3 is 2.74 bits per heavy atom. The average molecular weight is 283 g/mol. The summed E-state index contributed by atoms with van der Waals surface area (Å²) in [6.07, 6.45) is -5.27. The largest absolute Gasteiger partial charge is 0.409 e. The van der Waals surface area contributed by atoms with Gasteiger partial charge in [0.25, 0.3) is 0 Å². The van der Waals surface area contributed by atoms with E-state index >= 15 is 0 Å². The number of likely N-dealkylation sites (tertiary alicyclic amines) is 1. The lowest BCUT2D eigenvalue weighted by molar-refractivity contribution is -0.145. The minimum absolute atomic E-state index is 0.0729. The van der Waals surface area contributed by atoms with Crippen LogP contribution in [0.2, 0.25) is 0 Å². The molecule has 1 aromatic rings. The molecule has 0 radical (unpaired) electrons. The number of rotatable bonds is 4. The molecule has 1 N–H and O–H groups in total. The van der Waals surface area contributed by atoms with E-state index < -0.39 is 18.9 Å². The van der Waals surface area contributed by atoms with Gasteiger partial charge in [-0.25, -0.2) is 4.39 Å². The molecule has 0 aliphatic carbocycles. The predicted octanol–water partition coefficient (Wildman–Crippen LogP) is 0.140. The summed E-state index contributed by atoms with van der Waals surface area (Å²) < 4.78 is 49.5. The van der Waals surface area contributed by atoms with Crippen LogP contribution >= 0.6 is 0 Å². The smallest absolute Gasteiger partial charge is 0.395 e. The third kappa shape index (κ3) is 3.83. The van der Waals surface area contributed by atoms with Crippen LogP contribution in [0.3, 0.4) is 0 Å². The summed E-state index contributed by atoms with van der Waals surface area (Å²) in [6, 6.07) is -0.357. The molecule has 0 aromatic carbocycles. The van der Waals surface area contributed by atoms with Gasteiger partial charge in [0, 0.05) is 12.6 Å². The summed E-state index contributed by atoms with van der Waals surface area (Å²) >= 11 is 0. The van der Waals surface area contributed by atoms with Gasteiger partial charge in [-0.2, -0.15) is 18.0 Å². The van der Waals surface area contributed by atoms with Crippen LogP contribution in [0.5, 0.6) is 0 Å². The summed E-state index contributed by atoms with van der Waals surface area (Å²) in [5, 5.41) is 19.4. The van der Waals surface area contributed by atoms with E-state index in [-0.39, 0.29) is 38.0 Å². The van der Waals surface area contributed by atoms with Crippen LogP contribution < -0.4 is 0 Å². The molecule has 1 aliphatic heterocycles. The SMILES string of the molecule is OC[C@@H]1C[C@H](F)CN1Cc1nnn(CC(F)(F)F)n1. The molecule has 6 nitrogen and oxygen atoms in total. The number of nitrogens with zero attached hydrogens (tertiary/aromatic N) is 5. The van der Waals surface area contributed by atoms with Crippen molar-refractivity contribution in [2.45, 2.75) is 37.9 Å². The molecule has 2 rings (SSSR count). The first-order valence-corrected chi connectivity index (χ1v) is 5.70. The van der Waals surface area contributed by atoms with Gasteiger partial charge in [0.1, 0.15) is 6.17 Å². The zero-order valence-corrected chi connectivity index (χ0v) is 9.89. The van der Waals surface area contributed by atoms with Crippen molar-refractivity contribution in [2.75, 3.05) is 13.2 Å². The van der Waals surface area contributed by atoms with Crippen LogP contribution in [-0.2, 0) is 13.1 Å². The molecule has 0 unspecified atom stereocenters. The van der Waals surface area contributed by atoms with Gasteiger partial charge in [-0.3, -0.25) is 4.90 Å². The van der Waals surface area contributed by atoms with Gasteiger partial charge >= 0.3 is 6.18 Å². The second kappa shape index (κ2) is 5.37. The van der Waals surface area contributed by atoms with E-state index in [1.165, 1.54) is 0 Å². The molecule has 10 heteroatoms. The molecular formula is C9H13F4N5O. The summed E-state index contributed by atoms with van der Waals surface area (Å²) in [4.78, 5) is 2.05. The Labute approximate surface area is 106 Å². The predicted molar refractivity (Wildman–Crippen MR) is 54.7 cm³/mol. The zero-order chi connectivity index (χ0) is 14.0. The van der Waals surface area contributed by atoms with E-state index in [2.05, 4.69) is 15.4 Å². The summed E-state index contributed by atoms with van der Waals surface area (Å²) in [5.41, 5.74) is 0. The summed E-state index contributed by atoms with van der Waals surface area (Å²) in [7, 11) is 0. The van der Waals surface area contributed by atoms with E-state index in [9.17, 15) is 17.6 Å². The van der Waals surface area contributed by atoms with E-state index in [0.29, 0.717) is 4.80 Å². The first-order chi connectivity index (χ1) is 8.87. The van der Waals surface area contributed by atoms with Crippen molar-refractivity contribution in [2.24, 2.45) is 0 Å².